The Hall–Kier alpha value is -3.42. The smallest absolute Gasteiger partial charge is 0.336 e. The third kappa shape index (κ3) is 4.17. The van der Waals surface area contributed by atoms with Crippen LogP contribution in [-0.2, 0) is 20.9 Å². The molecule has 1 aliphatic heterocycles. The van der Waals surface area contributed by atoms with Crippen LogP contribution in [0, 0.1) is 11.6 Å². The molecule has 1 aromatic carbocycles. The Morgan fingerprint density at radius 3 is 2.78 bits per heavy atom. The standard InChI is InChI=1S/C24H23F2NO5/c1-3-30-24(29)21-13(2)27-17-5-4-6-18(28)22(17)23(21)20-10-8-15(32-20)12-31-19-9-7-14(25)11-16(19)26/h7-11,23,27H,3-6,12H2,1-2H3/t23-/m0/s1. The first kappa shape index (κ1) is 21.8. The predicted octanol–water partition coefficient (Wildman–Crippen LogP) is 4.67. The molecule has 0 amide bonds. The molecule has 32 heavy (non-hydrogen) atoms. The zero-order chi connectivity index (χ0) is 22.8. The van der Waals surface area contributed by atoms with Crippen LogP contribution in [0.25, 0.3) is 0 Å². The molecule has 4 rings (SSSR count). The maximum absolute atomic E-state index is 13.8. The first-order valence-electron chi connectivity index (χ1n) is 10.5. The van der Waals surface area contributed by atoms with Crippen LogP contribution in [0.4, 0.5) is 8.78 Å². The van der Waals surface area contributed by atoms with Gasteiger partial charge >= 0.3 is 5.97 Å². The van der Waals surface area contributed by atoms with Gasteiger partial charge in [-0.25, -0.2) is 13.6 Å². The van der Waals surface area contributed by atoms with E-state index in [9.17, 15) is 18.4 Å². The number of furan rings is 1. The minimum absolute atomic E-state index is 0.0411. The number of nitrogens with one attached hydrogen (secondary N) is 1. The van der Waals surface area contributed by atoms with E-state index < -0.39 is 23.5 Å². The van der Waals surface area contributed by atoms with Crippen molar-refractivity contribution in [1.29, 1.82) is 0 Å². The van der Waals surface area contributed by atoms with Gasteiger partial charge in [-0.3, -0.25) is 4.79 Å². The number of rotatable bonds is 6. The highest BCUT2D eigenvalue weighted by molar-refractivity contribution is 6.03. The molecule has 0 spiro atoms. The van der Waals surface area contributed by atoms with Crippen LogP contribution in [-0.4, -0.2) is 18.4 Å². The maximum Gasteiger partial charge on any atom is 0.336 e. The fraction of sp³-hybridized carbons (Fsp3) is 0.333. The van der Waals surface area contributed by atoms with E-state index in [1.165, 1.54) is 6.07 Å². The normalized spacial score (nSPS) is 18.4. The lowest BCUT2D eigenvalue weighted by atomic mass is 9.77. The van der Waals surface area contributed by atoms with E-state index >= 15 is 0 Å². The van der Waals surface area contributed by atoms with Crippen LogP contribution in [0.15, 0.2) is 57.3 Å². The summed E-state index contributed by atoms with van der Waals surface area (Å²) in [5.41, 5.74) is 2.24. The van der Waals surface area contributed by atoms with Gasteiger partial charge in [0, 0.05) is 29.5 Å². The summed E-state index contributed by atoms with van der Waals surface area (Å²) >= 11 is 0. The number of ether oxygens (including phenoxy) is 2. The van der Waals surface area contributed by atoms with E-state index in [0.29, 0.717) is 41.2 Å². The second kappa shape index (κ2) is 8.98. The van der Waals surface area contributed by atoms with Gasteiger partial charge in [0.1, 0.15) is 23.9 Å². The molecule has 1 N–H and O–H groups in total. The quantitative estimate of drug-likeness (QED) is 0.654. The topological polar surface area (TPSA) is 77.8 Å². The second-order valence-electron chi connectivity index (χ2n) is 7.65. The molecule has 0 saturated carbocycles. The average molecular weight is 443 g/mol. The molecular formula is C24H23F2NO5. The van der Waals surface area contributed by atoms with Crippen molar-refractivity contribution in [3.05, 3.63) is 76.0 Å². The van der Waals surface area contributed by atoms with Gasteiger partial charge in [-0.15, -0.1) is 0 Å². The molecular weight excluding hydrogens is 420 g/mol. The lowest BCUT2D eigenvalue weighted by Gasteiger charge is -2.32. The van der Waals surface area contributed by atoms with E-state index in [2.05, 4.69) is 5.32 Å². The molecule has 168 valence electrons. The third-order valence-electron chi connectivity index (χ3n) is 5.50. The Morgan fingerprint density at radius 2 is 2.03 bits per heavy atom. The van der Waals surface area contributed by atoms with Crippen molar-refractivity contribution in [3.63, 3.8) is 0 Å². The lowest BCUT2D eigenvalue weighted by Crippen LogP contribution is -2.34. The van der Waals surface area contributed by atoms with Crippen LogP contribution >= 0.6 is 0 Å². The van der Waals surface area contributed by atoms with Crippen molar-refractivity contribution in [3.8, 4) is 5.75 Å². The molecule has 0 fully saturated rings. The van der Waals surface area contributed by atoms with Gasteiger partial charge in [-0.2, -0.15) is 0 Å². The number of carbonyl (C=O) groups is 2. The van der Waals surface area contributed by atoms with Gasteiger partial charge in [-0.05, 0) is 51.0 Å². The Kier molecular flexibility index (Phi) is 6.12. The molecule has 0 bridgehead atoms. The molecule has 6 nitrogen and oxygen atoms in total. The SMILES string of the molecule is CCOC(=O)C1=C(C)NC2=C(C(=O)CCC2)[C@H]1c1ccc(COc2ccc(F)cc2F)o1. The van der Waals surface area contributed by atoms with Crippen molar-refractivity contribution in [2.75, 3.05) is 6.61 Å². The number of halogens is 2. The molecule has 2 aromatic rings. The highest BCUT2D eigenvalue weighted by Gasteiger charge is 2.40. The number of esters is 1. The minimum Gasteiger partial charge on any atom is -0.483 e. The molecule has 1 atom stereocenters. The summed E-state index contributed by atoms with van der Waals surface area (Å²) in [5, 5.41) is 3.20. The van der Waals surface area contributed by atoms with Crippen LogP contribution in [0.3, 0.4) is 0 Å². The number of benzene rings is 1. The highest BCUT2D eigenvalue weighted by Crippen LogP contribution is 2.43. The monoisotopic (exact) mass is 443 g/mol. The zero-order valence-electron chi connectivity index (χ0n) is 17.8. The number of hydrogen-bond donors (Lipinski definition) is 1. The number of ketones is 1. The van der Waals surface area contributed by atoms with E-state index in [4.69, 9.17) is 13.9 Å². The molecule has 2 heterocycles. The summed E-state index contributed by atoms with van der Waals surface area (Å²) in [5.74, 6) is -2.12. The summed E-state index contributed by atoms with van der Waals surface area (Å²) in [4.78, 5) is 25.6. The summed E-state index contributed by atoms with van der Waals surface area (Å²) in [7, 11) is 0. The third-order valence-corrected chi connectivity index (χ3v) is 5.50. The van der Waals surface area contributed by atoms with Crippen molar-refractivity contribution < 1.29 is 32.3 Å². The summed E-state index contributed by atoms with van der Waals surface area (Å²) in [6.45, 7) is 3.58. The number of dihydropyridines is 1. The van der Waals surface area contributed by atoms with Gasteiger partial charge in [0.2, 0.25) is 0 Å². The van der Waals surface area contributed by atoms with Gasteiger partial charge in [0.15, 0.2) is 17.3 Å². The van der Waals surface area contributed by atoms with Crippen LogP contribution in [0.1, 0.15) is 50.5 Å². The summed E-state index contributed by atoms with van der Waals surface area (Å²) < 4.78 is 43.5. The van der Waals surface area contributed by atoms with Gasteiger partial charge < -0.3 is 19.2 Å². The van der Waals surface area contributed by atoms with E-state index in [1.807, 2.05) is 0 Å². The Balaban J connectivity index is 1.65. The Bertz CT molecular complexity index is 1130. The van der Waals surface area contributed by atoms with Crippen LogP contribution in [0.5, 0.6) is 5.75 Å². The fourth-order valence-corrected chi connectivity index (χ4v) is 4.12. The number of carbonyl (C=O) groups excluding carboxylic acids is 2. The van der Waals surface area contributed by atoms with Crippen molar-refractivity contribution in [2.24, 2.45) is 0 Å². The van der Waals surface area contributed by atoms with Crippen molar-refractivity contribution in [1.82, 2.24) is 5.32 Å². The zero-order valence-corrected chi connectivity index (χ0v) is 17.8. The molecule has 0 unspecified atom stereocenters. The summed E-state index contributed by atoms with van der Waals surface area (Å²) in [6.07, 6.45) is 1.83. The summed E-state index contributed by atoms with van der Waals surface area (Å²) in [6, 6.07) is 6.35. The second-order valence-corrected chi connectivity index (χ2v) is 7.65. The molecule has 2 aliphatic rings. The minimum atomic E-state index is -0.819. The van der Waals surface area contributed by atoms with Gasteiger partial charge in [0.05, 0.1) is 18.1 Å². The molecule has 1 aromatic heterocycles. The molecule has 0 radical (unpaired) electrons. The van der Waals surface area contributed by atoms with E-state index in [0.717, 1.165) is 24.3 Å². The molecule has 1 aliphatic carbocycles. The average Bonchev–Trinajstić information content (AvgIpc) is 3.21. The van der Waals surface area contributed by atoms with Crippen LogP contribution in [0.2, 0.25) is 0 Å². The highest BCUT2D eigenvalue weighted by atomic mass is 19.1. The van der Waals surface area contributed by atoms with Gasteiger partial charge in [-0.1, -0.05) is 0 Å². The predicted molar refractivity (Wildman–Crippen MR) is 110 cm³/mol. The molecule has 0 saturated heterocycles. The van der Waals surface area contributed by atoms with Crippen LogP contribution < -0.4 is 10.1 Å². The number of Topliss-reactive ketones (excluding diaryl/α,β-unsaturated/α-hetero) is 1. The maximum atomic E-state index is 13.8. The van der Waals surface area contributed by atoms with Gasteiger partial charge in [0.25, 0.3) is 0 Å². The first-order chi connectivity index (χ1) is 15.4. The van der Waals surface area contributed by atoms with E-state index in [1.54, 1.807) is 26.0 Å². The first-order valence-corrected chi connectivity index (χ1v) is 10.5. The van der Waals surface area contributed by atoms with Crippen molar-refractivity contribution >= 4 is 11.8 Å². The fourth-order valence-electron chi connectivity index (χ4n) is 4.12. The van der Waals surface area contributed by atoms with Crippen molar-refractivity contribution in [2.45, 2.75) is 45.6 Å². The Morgan fingerprint density at radius 1 is 1.22 bits per heavy atom. The van der Waals surface area contributed by atoms with E-state index in [-0.39, 0.29) is 24.7 Å². The largest absolute Gasteiger partial charge is 0.483 e. The number of allylic oxidation sites excluding steroid dienone is 3. The lowest BCUT2D eigenvalue weighted by molar-refractivity contribution is -0.138. The Labute approximate surface area is 183 Å². The molecule has 8 heteroatoms. The number of hydrogen-bond acceptors (Lipinski definition) is 6.